The minimum absolute atomic E-state index is 0.0162. The van der Waals surface area contributed by atoms with Crippen molar-refractivity contribution in [2.45, 2.75) is 17.5 Å². The molecule has 6 nitrogen and oxygen atoms in total. The zero-order chi connectivity index (χ0) is 24.6. The first-order chi connectivity index (χ1) is 15.4. The van der Waals surface area contributed by atoms with Gasteiger partial charge in [0.25, 0.3) is 17.7 Å². The van der Waals surface area contributed by atoms with E-state index in [2.05, 4.69) is 4.99 Å². The lowest BCUT2D eigenvalue weighted by atomic mass is 10.0. The highest BCUT2D eigenvalue weighted by Crippen LogP contribution is 2.43. The van der Waals surface area contributed by atoms with E-state index in [-0.39, 0.29) is 5.69 Å². The molecule has 1 heterocycles. The number of halogens is 7. The number of hydroxylamine groups is 1. The number of rotatable bonds is 5. The monoisotopic (exact) mass is 507 g/mol. The van der Waals surface area contributed by atoms with E-state index >= 15 is 0 Å². The van der Waals surface area contributed by atoms with Gasteiger partial charge in [-0.3, -0.25) is 9.59 Å². The van der Waals surface area contributed by atoms with Crippen LogP contribution in [0.15, 0.2) is 58.4 Å². The van der Waals surface area contributed by atoms with Gasteiger partial charge >= 0.3 is 6.18 Å². The molecule has 174 valence electrons. The number of hydrogen-bond donors (Lipinski definition) is 1. The Morgan fingerprint density at radius 3 is 2.30 bits per heavy atom. The number of benzene rings is 2. The topological polar surface area (TPSA) is 85.0 Å². The van der Waals surface area contributed by atoms with Gasteiger partial charge in [-0.1, -0.05) is 29.8 Å². The Balaban J connectivity index is 2.03. The highest BCUT2D eigenvalue weighted by atomic mass is 35.5. The maximum atomic E-state index is 14.7. The first kappa shape index (κ1) is 24.5. The van der Waals surface area contributed by atoms with Gasteiger partial charge < -0.3 is 10.6 Å². The second-order valence-electron chi connectivity index (χ2n) is 6.68. The molecular weight excluding hydrogens is 496 g/mol. The number of nitrogens with zero attached hydrogens (tertiary/aromatic N) is 2. The Morgan fingerprint density at radius 1 is 1.12 bits per heavy atom. The van der Waals surface area contributed by atoms with Crippen molar-refractivity contribution in [3.8, 4) is 0 Å². The molecule has 0 radical (unpaired) electrons. The molecule has 1 unspecified atom stereocenters. The molecule has 0 aliphatic carbocycles. The SMILES string of the molecule is NC(=O)c1c(F)ccc(C(=O)N(OC2=C(Cl)CC(Cl)(C(F)(F)F)C=N2)c2ccccc2)c1F. The molecule has 2 amide bonds. The number of alkyl halides is 4. The summed E-state index contributed by atoms with van der Waals surface area (Å²) in [6.07, 6.45) is -5.49. The molecule has 0 aromatic heterocycles. The van der Waals surface area contributed by atoms with Crippen LogP contribution in [-0.4, -0.2) is 29.1 Å². The predicted octanol–water partition coefficient (Wildman–Crippen LogP) is 5.06. The van der Waals surface area contributed by atoms with Crippen LogP contribution in [0, 0.1) is 11.6 Å². The van der Waals surface area contributed by atoms with Gasteiger partial charge in [0.2, 0.25) is 0 Å². The van der Waals surface area contributed by atoms with Gasteiger partial charge in [0, 0.05) is 12.6 Å². The predicted molar refractivity (Wildman–Crippen MR) is 110 cm³/mol. The number of anilines is 1. The van der Waals surface area contributed by atoms with E-state index in [0.29, 0.717) is 17.3 Å². The number of hydrogen-bond acceptors (Lipinski definition) is 4. The normalized spacial score (nSPS) is 18.3. The van der Waals surface area contributed by atoms with Crippen molar-refractivity contribution in [2.24, 2.45) is 10.7 Å². The molecule has 33 heavy (non-hydrogen) atoms. The molecule has 2 aromatic carbocycles. The molecule has 0 spiro atoms. The van der Waals surface area contributed by atoms with Gasteiger partial charge in [0.05, 0.1) is 16.3 Å². The lowest BCUT2D eigenvalue weighted by molar-refractivity contribution is -0.143. The van der Waals surface area contributed by atoms with Crippen LogP contribution in [0.25, 0.3) is 0 Å². The van der Waals surface area contributed by atoms with E-state index in [9.17, 15) is 31.5 Å². The summed E-state index contributed by atoms with van der Waals surface area (Å²) >= 11 is 11.5. The van der Waals surface area contributed by atoms with Gasteiger partial charge in [-0.15, -0.1) is 16.7 Å². The Bertz CT molecular complexity index is 1170. The second kappa shape index (κ2) is 8.99. The van der Waals surface area contributed by atoms with Crippen LogP contribution in [0.3, 0.4) is 0 Å². The fourth-order valence-electron chi connectivity index (χ4n) is 2.74. The zero-order valence-corrected chi connectivity index (χ0v) is 17.7. The average Bonchev–Trinajstić information content (AvgIpc) is 2.72. The van der Waals surface area contributed by atoms with Gasteiger partial charge in [-0.2, -0.15) is 13.2 Å². The first-order valence-electron chi connectivity index (χ1n) is 8.90. The van der Waals surface area contributed by atoms with Gasteiger partial charge in [0.1, 0.15) is 11.4 Å². The minimum Gasteiger partial charge on any atom is -0.365 e. The van der Waals surface area contributed by atoms with Crippen LogP contribution >= 0.6 is 23.2 Å². The van der Waals surface area contributed by atoms with Crippen molar-refractivity contribution < 1.29 is 36.4 Å². The van der Waals surface area contributed by atoms with Crippen LogP contribution in [-0.2, 0) is 4.84 Å². The van der Waals surface area contributed by atoms with Crippen LogP contribution in [0.5, 0.6) is 0 Å². The van der Waals surface area contributed by atoms with Gasteiger partial charge in [-0.05, 0) is 24.3 Å². The molecule has 13 heteroatoms. The van der Waals surface area contributed by atoms with Crippen LogP contribution in [0.4, 0.5) is 27.6 Å². The lowest BCUT2D eigenvalue weighted by Crippen LogP contribution is -2.43. The molecule has 3 rings (SSSR count). The van der Waals surface area contributed by atoms with Crippen LogP contribution in [0.1, 0.15) is 27.1 Å². The van der Waals surface area contributed by atoms with E-state index in [0.717, 1.165) is 6.07 Å². The lowest BCUT2D eigenvalue weighted by Gasteiger charge is -2.30. The van der Waals surface area contributed by atoms with Crippen molar-refractivity contribution >= 4 is 46.9 Å². The highest BCUT2D eigenvalue weighted by molar-refractivity contribution is 6.36. The zero-order valence-electron chi connectivity index (χ0n) is 16.2. The van der Waals surface area contributed by atoms with Crippen molar-refractivity contribution in [1.82, 2.24) is 0 Å². The standard InChI is InChI=1S/C20H12Cl2F5N3O3/c21-12-8-19(22,20(25,26)27)9-29-17(12)33-30(10-4-2-1-3-5-10)18(32)11-6-7-13(23)14(15(11)24)16(28)31/h1-7,9H,8H2,(H2,28,31). The fourth-order valence-corrected chi connectivity index (χ4v) is 3.28. The number of carbonyl (C=O) groups excluding carboxylic acids is 2. The third kappa shape index (κ3) is 4.79. The third-order valence-electron chi connectivity index (χ3n) is 4.42. The Labute approximate surface area is 193 Å². The van der Waals surface area contributed by atoms with Crippen molar-refractivity contribution in [3.05, 3.63) is 76.1 Å². The number of carbonyl (C=O) groups is 2. The molecule has 0 fully saturated rings. The Kier molecular flexibility index (Phi) is 6.66. The molecule has 0 saturated heterocycles. The number of nitrogens with two attached hydrogens (primary N) is 1. The number of amides is 2. The first-order valence-corrected chi connectivity index (χ1v) is 9.66. The van der Waals surface area contributed by atoms with Crippen molar-refractivity contribution in [2.75, 3.05) is 5.06 Å². The molecule has 2 aromatic rings. The molecule has 1 aliphatic rings. The molecule has 1 aliphatic heterocycles. The van der Waals surface area contributed by atoms with Gasteiger partial charge in [-0.25, -0.2) is 13.8 Å². The van der Waals surface area contributed by atoms with Crippen LogP contribution in [0.2, 0.25) is 0 Å². The summed E-state index contributed by atoms with van der Waals surface area (Å²) in [6, 6.07) is 8.60. The average molecular weight is 508 g/mol. The quantitative estimate of drug-likeness (QED) is 0.348. The largest absolute Gasteiger partial charge is 0.412 e. The molecule has 2 N–H and O–H groups in total. The Hall–Kier alpha value is -3.18. The number of allylic oxidation sites excluding steroid dienone is 1. The maximum Gasteiger partial charge on any atom is 0.412 e. The molecule has 1 atom stereocenters. The smallest absolute Gasteiger partial charge is 0.365 e. The summed E-state index contributed by atoms with van der Waals surface area (Å²) in [4.78, 5) is 30.4. The fraction of sp³-hybridized carbons (Fsp3) is 0.150. The van der Waals surface area contributed by atoms with Gasteiger partial charge in [0.15, 0.2) is 10.7 Å². The number of aliphatic imine (C=N–C) groups is 1. The molecule has 0 bridgehead atoms. The van der Waals surface area contributed by atoms with Crippen molar-refractivity contribution in [1.29, 1.82) is 0 Å². The summed E-state index contributed by atoms with van der Waals surface area (Å²) < 4.78 is 68.1. The van der Waals surface area contributed by atoms with E-state index < -0.39 is 63.0 Å². The second-order valence-corrected chi connectivity index (χ2v) is 7.81. The van der Waals surface area contributed by atoms with E-state index in [1.54, 1.807) is 6.07 Å². The summed E-state index contributed by atoms with van der Waals surface area (Å²) in [7, 11) is 0. The summed E-state index contributed by atoms with van der Waals surface area (Å²) in [5, 5.41) is -0.110. The van der Waals surface area contributed by atoms with Crippen molar-refractivity contribution in [3.63, 3.8) is 0 Å². The molecule has 0 saturated carbocycles. The highest BCUT2D eigenvalue weighted by Gasteiger charge is 2.54. The molecular formula is C20H12Cl2F5N3O3. The minimum atomic E-state index is -4.89. The van der Waals surface area contributed by atoms with E-state index in [1.165, 1.54) is 24.3 Å². The third-order valence-corrected chi connectivity index (χ3v) is 5.16. The van der Waals surface area contributed by atoms with E-state index in [1.807, 2.05) is 0 Å². The number of primary amides is 1. The van der Waals surface area contributed by atoms with Crippen LogP contribution < -0.4 is 10.8 Å². The number of para-hydroxylation sites is 1. The maximum absolute atomic E-state index is 14.7. The van der Waals surface area contributed by atoms with E-state index in [4.69, 9.17) is 33.8 Å². The Morgan fingerprint density at radius 2 is 1.76 bits per heavy atom. The summed E-state index contributed by atoms with van der Waals surface area (Å²) in [5.74, 6) is -6.18. The summed E-state index contributed by atoms with van der Waals surface area (Å²) in [6.45, 7) is 0. The summed E-state index contributed by atoms with van der Waals surface area (Å²) in [5.41, 5.74) is 2.99.